The van der Waals surface area contributed by atoms with E-state index in [4.69, 9.17) is 9.84 Å². The summed E-state index contributed by atoms with van der Waals surface area (Å²) in [5.41, 5.74) is -0.283. The molecule has 7 nitrogen and oxygen atoms in total. The van der Waals surface area contributed by atoms with Crippen molar-refractivity contribution in [3.05, 3.63) is 29.6 Å². The Kier molecular flexibility index (Phi) is 5.65. The molecule has 21 heavy (non-hydrogen) atoms. The molecule has 0 fully saturated rings. The van der Waals surface area contributed by atoms with Gasteiger partial charge in [-0.1, -0.05) is 0 Å². The molecule has 1 unspecified atom stereocenters. The van der Waals surface area contributed by atoms with Gasteiger partial charge in [0.2, 0.25) is 0 Å². The van der Waals surface area contributed by atoms with Crippen molar-refractivity contribution < 1.29 is 28.6 Å². The number of carboxylic acids is 1. The highest BCUT2D eigenvalue weighted by molar-refractivity contribution is 5.96. The van der Waals surface area contributed by atoms with E-state index in [0.29, 0.717) is 6.54 Å². The van der Waals surface area contributed by atoms with E-state index in [2.05, 4.69) is 5.32 Å². The third kappa shape index (κ3) is 4.75. The molecule has 0 saturated heterocycles. The maximum Gasteiger partial charge on any atom is 0.339 e. The molecule has 114 valence electrons. The number of halogens is 1. The second-order valence-electron chi connectivity index (χ2n) is 4.05. The number of benzene rings is 1. The number of ether oxygens (including phenoxy) is 1. The summed E-state index contributed by atoms with van der Waals surface area (Å²) in [7, 11) is 0. The number of nitrogens with one attached hydrogen (secondary N) is 2. The van der Waals surface area contributed by atoms with Crippen molar-refractivity contribution in [3.8, 4) is 5.75 Å². The topological polar surface area (TPSA) is 105 Å². The molecule has 1 rings (SSSR count). The van der Waals surface area contributed by atoms with E-state index < -0.39 is 29.8 Å². The first-order valence-electron chi connectivity index (χ1n) is 6.13. The molecule has 1 atom stereocenters. The largest absolute Gasteiger partial charge is 0.480 e. The van der Waals surface area contributed by atoms with Crippen molar-refractivity contribution in [1.82, 2.24) is 10.6 Å². The molecule has 0 aliphatic carbocycles. The van der Waals surface area contributed by atoms with Crippen LogP contribution in [0.5, 0.6) is 5.75 Å². The second kappa shape index (κ2) is 7.22. The molecule has 1 aromatic carbocycles. The van der Waals surface area contributed by atoms with Crippen LogP contribution in [0.1, 0.15) is 24.2 Å². The van der Waals surface area contributed by atoms with Gasteiger partial charge in [-0.3, -0.25) is 10.1 Å². The predicted molar refractivity (Wildman–Crippen MR) is 70.7 cm³/mol. The van der Waals surface area contributed by atoms with Crippen LogP contribution in [0.2, 0.25) is 0 Å². The van der Waals surface area contributed by atoms with Crippen molar-refractivity contribution >= 4 is 17.9 Å². The standard InChI is InChI=1S/C13H15FN2O5/c1-3-15-13(20)16-11(17)7(2)21-10-6-8(14)4-5-9(10)12(18)19/h4-7H,3H2,1-2H3,(H,18,19)(H2,15,16,17,20). The molecule has 0 saturated carbocycles. The number of carbonyl (C=O) groups excluding carboxylic acids is 2. The van der Waals surface area contributed by atoms with Gasteiger partial charge >= 0.3 is 12.0 Å². The average molecular weight is 298 g/mol. The molecule has 0 aliphatic rings. The fourth-order valence-electron chi connectivity index (χ4n) is 1.43. The number of imide groups is 1. The molecule has 0 radical (unpaired) electrons. The Morgan fingerprint density at radius 3 is 2.62 bits per heavy atom. The normalized spacial score (nSPS) is 11.4. The molecule has 0 aliphatic heterocycles. The molecule has 0 heterocycles. The van der Waals surface area contributed by atoms with Gasteiger partial charge in [-0.15, -0.1) is 0 Å². The molecule has 3 amide bonds. The zero-order chi connectivity index (χ0) is 16.0. The van der Waals surface area contributed by atoms with Crippen LogP contribution in [-0.4, -0.2) is 35.7 Å². The van der Waals surface area contributed by atoms with Crippen LogP contribution in [0.4, 0.5) is 9.18 Å². The lowest BCUT2D eigenvalue weighted by Gasteiger charge is -2.15. The summed E-state index contributed by atoms with van der Waals surface area (Å²) in [4.78, 5) is 33.8. The van der Waals surface area contributed by atoms with E-state index in [1.807, 2.05) is 5.32 Å². The van der Waals surface area contributed by atoms with E-state index in [9.17, 15) is 18.8 Å². The van der Waals surface area contributed by atoms with Gasteiger partial charge < -0.3 is 15.2 Å². The van der Waals surface area contributed by atoms with Crippen molar-refractivity contribution in [3.63, 3.8) is 0 Å². The van der Waals surface area contributed by atoms with Crippen LogP contribution < -0.4 is 15.4 Å². The van der Waals surface area contributed by atoms with Gasteiger partial charge in [-0.05, 0) is 26.0 Å². The smallest absolute Gasteiger partial charge is 0.339 e. The van der Waals surface area contributed by atoms with Gasteiger partial charge in [0.1, 0.15) is 17.1 Å². The third-order valence-corrected chi connectivity index (χ3v) is 2.42. The fraction of sp³-hybridized carbons (Fsp3) is 0.308. The summed E-state index contributed by atoms with van der Waals surface area (Å²) in [6.07, 6.45) is -1.17. The van der Waals surface area contributed by atoms with E-state index in [0.717, 1.165) is 18.2 Å². The van der Waals surface area contributed by atoms with E-state index in [-0.39, 0.29) is 11.3 Å². The highest BCUT2D eigenvalue weighted by Crippen LogP contribution is 2.21. The molecular weight excluding hydrogens is 283 g/mol. The van der Waals surface area contributed by atoms with E-state index in [1.165, 1.54) is 6.92 Å². The lowest BCUT2D eigenvalue weighted by atomic mass is 10.2. The van der Waals surface area contributed by atoms with Crippen LogP contribution in [0.15, 0.2) is 18.2 Å². The van der Waals surface area contributed by atoms with Gasteiger partial charge in [0.25, 0.3) is 5.91 Å². The molecule has 8 heteroatoms. The maximum absolute atomic E-state index is 13.1. The fourth-order valence-corrected chi connectivity index (χ4v) is 1.43. The van der Waals surface area contributed by atoms with Gasteiger partial charge in [-0.2, -0.15) is 0 Å². The predicted octanol–water partition coefficient (Wildman–Crippen LogP) is 1.14. The van der Waals surface area contributed by atoms with E-state index >= 15 is 0 Å². The molecule has 0 spiro atoms. The zero-order valence-corrected chi connectivity index (χ0v) is 11.5. The summed E-state index contributed by atoms with van der Waals surface area (Å²) in [5, 5.41) is 13.3. The number of hydrogen-bond acceptors (Lipinski definition) is 4. The Hall–Kier alpha value is -2.64. The Labute approximate surface area is 120 Å². The summed E-state index contributed by atoms with van der Waals surface area (Å²) in [5.74, 6) is -3.09. The van der Waals surface area contributed by atoms with Gasteiger partial charge in [0.15, 0.2) is 6.10 Å². The molecular formula is C13H15FN2O5. The minimum Gasteiger partial charge on any atom is -0.480 e. The molecule has 0 aromatic heterocycles. The highest BCUT2D eigenvalue weighted by atomic mass is 19.1. The Balaban J connectivity index is 2.80. The van der Waals surface area contributed by atoms with Gasteiger partial charge in [0.05, 0.1) is 0 Å². The van der Waals surface area contributed by atoms with Crippen LogP contribution in [0.3, 0.4) is 0 Å². The van der Waals surface area contributed by atoms with Crippen molar-refractivity contribution in [2.24, 2.45) is 0 Å². The minimum absolute atomic E-state index is 0.283. The monoisotopic (exact) mass is 298 g/mol. The lowest BCUT2D eigenvalue weighted by Crippen LogP contribution is -2.45. The molecule has 1 aromatic rings. The first kappa shape index (κ1) is 16.4. The summed E-state index contributed by atoms with van der Waals surface area (Å²) >= 11 is 0. The van der Waals surface area contributed by atoms with Crippen molar-refractivity contribution in [2.75, 3.05) is 6.54 Å². The number of urea groups is 1. The zero-order valence-electron chi connectivity index (χ0n) is 11.5. The van der Waals surface area contributed by atoms with Gasteiger partial charge in [0, 0.05) is 12.6 Å². The first-order valence-corrected chi connectivity index (χ1v) is 6.13. The Morgan fingerprint density at radius 2 is 2.05 bits per heavy atom. The molecule has 3 N–H and O–H groups in total. The van der Waals surface area contributed by atoms with E-state index in [1.54, 1.807) is 6.92 Å². The number of amides is 3. The lowest BCUT2D eigenvalue weighted by molar-refractivity contribution is -0.126. The van der Waals surface area contributed by atoms with Crippen LogP contribution in [0.25, 0.3) is 0 Å². The van der Waals surface area contributed by atoms with Gasteiger partial charge in [-0.25, -0.2) is 14.0 Å². The Bertz CT molecular complexity index is 561. The number of rotatable bonds is 5. The van der Waals surface area contributed by atoms with Crippen LogP contribution >= 0.6 is 0 Å². The van der Waals surface area contributed by atoms with Crippen LogP contribution in [0, 0.1) is 5.82 Å². The number of carboxylic acid groups (broad SMARTS) is 1. The average Bonchev–Trinajstić information content (AvgIpc) is 2.38. The third-order valence-electron chi connectivity index (χ3n) is 2.42. The SMILES string of the molecule is CCNC(=O)NC(=O)C(C)Oc1cc(F)ccc1C(=O)O. The summed E-state index contributed by atoms with van der Waals surface area (Å²) < 4.78 is 18.3. The number of carbonyl (C=O) groups is 3. The minimum atomic E-state index is -1.32. The van der Waals surface area contributed by atoms with Crippen molar-refractivity contribution in [2.45, 2.75) is 20.0 Å². The number of hydrogen-bond donors (Lipinski definition) is 3. The maximum atomic E-state index is 13.1. The number of aromatic carboxylic acids is 1. The van der Waals surface area contributed by atoms with Crippen LogP contribution in [-0.2, 0) is 4.79 Å². The van der Waals surface area contributed by atoms with Crippen molar-refractivity contribution in [1.29, 1.82) is 0 Å². The summed E-state index contributed by atoms with van der Waals surface area (Å²) in [6.45, 7) is 3.32. The quantitative estimate of drug-likeness (QED) is 0.756. The summed E-state index contributed by atoms with van der Waals surface area (Å²) in [6, 6.07) is 2.16. The Morgan fingerprint density at radius 1 is 1.38 bits per heavy atom. The highest BCUT2D eigenvalue weighted by Gasteiger charge is 2.20. The molecule has 0 bridgehead atoms. The second-order valence-corrected chi connectivity index (χ2v) is 4.05. The first-order chi connectivity index (χ1) is 9.85.